The highest BCUT2D eigenvalue weighted by molar-refractivity contribution is 5.73. The molecule has 3 heteroatoms. The Labute approximate surface area is 97.6 Å². The van der Waals surface area contributed by atoms with Gasteiger partial charge < -0.3 is 10.2 Å². The van der Waals surface area contributed by atoms with Crippen LogP contribution in [0.1, 0.15) is 32.1 Å². The van der Waals surface area contributed by atoms with Gasteiger partial charge in [0, 0.05) is 20.1 Å². The molecule has 4 saturated carbocycles. The van der Waals surface area contributed by atoms with E-state index in [4.69, 9.17) is 0 Å². The Morgan fingerprint density at radius 3 is 1.94 bits per heavy atom. The maximum absolute atomic E-state index is 11.7. The summed E-state index contributed by atoms with van der Waals surface area (Å²) in [5.41, 5.74) is 0. The first-order valence-corrected chi connectivity index (χ1v) is 6.61. The molecular weight excluding hydrogens is 200 g/mol. The molecule has 90 valence electrons. The lowest BCUT2D eigenvalue weighted by molar-refractivity contribution is -0.0104. The minimum absolute atomic E-state index is 0.0949. The van der Waals surface area contributed by atoms with Crippen molar-refractivity contribution in [1.82, 2.24) is 10.2 Å². The highest BCUT2D eigenvalue weighted by Gasteiger charge is 2.48. The second-order valence-corrected chi connectivity index (χ2v) is 6.30. The first-order valence-electron chi connectivity index (χ1n) is 6.61. The molecule has 4 fully saturated rings. The number of amides is 2. The Hall–Kier alpha value is -0.730. The fourth-order valence-corrected chi connectivity index (χ4v) is 4.43. The topological polar surface area (TPSA) is 32.3 Å². The van der Waals surface area contributed by atoms with Crippen LogP contribution in [0.3, 0.4) is 0 Å². The second-order valence-electron chi connectivity index (χ2n) is 6.30. The number of nitrogens with zero attached hydrogens (tertiary/aromatic N) is 1. The molecule has 0 atom stereocenters. The molecule has 0 aromatic carbocycles. The summed E-state index contributed by atoms with van der Waals surface area (Å²) < 4.78 is 0. The number of hydrogen-bond donors (Lipinski definition) is 1. The van der Waals surface area contributed by atoms with Gasteiger partial charge in [-0.05, 0) is 55.8 Å². The predicted octanol–water partition coefficient (Wildman–Crippen LogP) is 2.08. The van der Waals surface area contributed by atoms with Gasteiger partial charge in [0.05, 0.1) is 0 Å². The Morgan fingerprint density at radius 2 is 1.50 bits per heavy atom. The summed E-state index contributed by atoms with van der Waals surface area (Å²) in [6, 6.07) is 0.570. The summed E-state index contributed by atoms with van der Waals surface area (Å²) in [6.45, 7) is 0. The van der Waals surface area contributed by atoms with E-state index in [1.165, 1.54) is 32.1 Å². The average molecular weight is 222 g/mol. The summed E-state index contributed by atoms with van der Waals surface area (Å²) in [5, 5.41) is 3.25. The fourth-order valence-electron chi connectivity index (χ4n) is 4.43. The van der Waals surface area contributed by atoms with Gasteiger partial charge >= 0.3 is 6.03 Å². The molecular formula is C13H22N2O. The number of urea groups is 1. The van der Waals surface area contributed by atoms with E-state index in [1.807, 2.05) is 14.1 Å². The average Bonchev–Trinajstić information content (AvgIpc) is 2.21. The van der Waals surface area contributed by atoms with Crippen molar-refractivity contribution in [2.45, 2.75) is 38.1 Å². The van der Waals surface area contributed by atoms with Crippen molar-refractivity contribution in [3.63, 3.8) is 0 Å². The predicted molar refractivity (Wildman–Crippen MR) is 63.1 cm³/mol. The summed E-state index contributed by atoms with van der Waals surface area (Å²) in [7, 11) is 3.65. The molecule has 4 aliphatic rings. The minimum atomic E-state index is 0.0949. The zero-order valence-corrected chi connectivity index (χ0v) is 10.3. The lowest BCUT2D eigenvalue weighted by Crippen LogP contribution is -2.57. The van der Waals surface area contributed by atoms with Crippen LogP contribution in [0.15, 0.2) is 0 Å². The van der Waals surface area contributed by atoms with E-state index in [0.29, 0.717) is 6.04 Å². The van der Waals surface area contributed by atoms with Crippen LogP contribution in [0, 0.1) is 23.7 Å². The molecule has 4 bridgehead atoms. The number of carbonyl (C=O) groups excluding carboxylic acids is 1. The van der Waals surface area contributed by atoms with Crippen LogP contribution in [-0.4, -0.2) is 31.1 Å². The zero-order chi connectivity index (χ0) is 11.3. The van der Waals surface area contributed by atoms with Crippen LogP contribution in [0.25, 0.3) is 0 Å². The quantitative estimate of drug-likeness (QED) is 0.724. The van der Waals surface area contributed by atoms with Crippen molar-refractivity contribution < 1.29 is 4.79 Å². The first-order chi connectivity index (χ1) is 7.63. The standard InChI is InChI=1S/C13H22N2O/c1-15(2)13(16)14-12-10-4-8-3-9(6-10)7-11(12)5-8/h8-12H,3-7H2,1-2H3,(H,14,16). The van der Waals surface area contributed by atoms with Crippen LogP contribution in [0.4, 0.5) is 4.79 Å². The second kappa shape index (κ2) is 3.64. The molecule has 0 heterocycles. The molecule has 0 unspecified atom stereocenters. The third-order valence-corrected chi connectivity index (χ3v) is 4.92. The maximum Gasteiger partial charge on any atom is 0.317 e. The molecule has 0 aromatic rings. The number of nitrogens with one attached hydrogen (secondary N) is 1. The van der Waals surface area contributed by atoms with Gasteiger partial charge in [-0.1, -0.05) is 0 Å². The molecule has 3 nitrogen and oxygen atoms in total. The fraction of sp³-hybridized carbons (Fsp3) is 0.923. The molecule has 1 N–H and O–H groups in total. The summed E-state index contributed by atoms with van der Waals surface area (Å²) in [4.78, 5) is 13.4. The van der Waals surface area contributed by atoms with E-state index in [2.05, 4.69) is 5.32 Å². The summed E-state index contributed by atoms with van der Waals surface area (Å²) >= 11 is 0. The van der Waals surface area contributed by atoms with E-state index in [0.717, 1.165) is 23.7 Å². The minimum Gasteiger partial charge on any atom is -0.335 e. The highest BCUT2D eigenvalue weighted by atomic mass is 16.2. The van der Waals surface area contributed by atoms with Gasteiger partial charge in [-0.25, -0.2) is 4.79 Å². The van der Waals surface area contributed by atoms with Gasteiger partial charge in [-0.2, -0.15) is 0 Å². The Bertz CT molecular complexity index is 272. The SMILES string of the molecule is CN(C)C(=O)NC1C2CC3CC(C2)CC1C3. The van der Waals surface area contributed by atoms with Crippen LogP contribution in [0.2, 0.25) is 0 Å². The van der Waals surface area contributed by atoms with E-state index >= 15 is 0 Å². The van der Waals surface area contributed by atoms with Crippen molar-refractivity contribution in [1.29, 1.82) is 0 Å². The first kappa shape index (κ1) is 10.4. The lowest BCUT2D eigenvalue weighted by Gasteiger charge is -2.54. The highest BCUT2D eigenvalue weighted by Crippen LogP contribution is 2.53. The maximum atomic E-state index is 11.7. The molecule has 4 rings (SSSR count). The molecule has 0 aromatic heterocycles. The van der Waals surface area contributed by atoms with Crippen LogP contribution >= 0.6 is 0 Å². The molecule has 0 radical (unpaired) electrons. The Kier molecular flexibility index (Phi) is 2.37. The Balaban J connectivity index is 1.70. The van der Waals surface area contributed by atoms with Crippen LogP contribution < -0.4 is 5.32 Å². The number of carbonyl (C=O) groups is 1. The molecule has 16 heavy (non-hydrogen) atoms. The van der Waals surface area contributed by atoms with Crippen molar-refractivity contribution >= 4 is 6.03 Å². The van der Waals surface area contributed by atoms with E-state index in [1.54, 1.807) is 4.90 Å². The van der Waals surface area contributed by atoms with Gasteiger partial charge in [0.25, 0.3) is 0 Å². The number of rotatable bonds is 1. The monoisotopic (exact) mass is 222 g/mol. The summed E-state index contributed by atoms with van der Waals surface area (Å²) in [5.74, 6) is 3.52. The van der Waals surface area contributed by atoms with Crippen molar-refractivity contribution in [3.8, 4) is 0 Å². The molecule has 0 saturated heterocycles. The molecule has 2 amide bonds. The van der Waals surface area contributed by atoms with Gasteiger partial charge in [-0.15, -0.1) is 0 Å². The molecule has 4 aliphatic carbocycles. The van der Waals surface area contributed by atoms with E-state index < -0.39 is 0 Å². The van der Waals surface area contributed by atoms with Gasteiger partial charge in [-0.3, -0.25) is 0 Å². The lowest BCUT2D eigenvalue weighted by atomic mass is 9.54. The van der Waals surface area contributed by atoms with E-state index in [9.17, 15) is 4.79 Å². The van der Waals surface area contributed by atoms with Crippen LogP contribution in [0.5, 0.6) is 0 Å². The smallest absolute Gasteiger partial charge is 0.317 e. The third kappa shape index (κ3) is 1.61. The van der Waals surface area contributed by atoms with Crippen molar-refractivity contribution in [2.24, 2.45) is 23.7 Å². The molecule has 0 spiro atoms. The van der Waals surface area contributed by atoms with Crippen molar-refractivity contribution in [3.05, 3.63) is 0 Å². The number of hydrogen-bond acceptors (Lipinski definition) is 1. The van der Waals surface area contributed by atoms with E-state index in [-0.39, 0.29) is 6.03 Å². The van der Waals surface area contributed by atoms with Crippen molar-refractivity contribution in [2.75, 3.05) is 14.1 Å². The Morgan fingerprint density at radius 1 is 1.00 bits per heavy atom. The zero-order valence-electron chi connectivity index (χ0n) is 10.3. The largest absolute Gasteiger partial charge is 0.335 e. The normalized spacial score (nSPS) is 44.5. The van der Waals surface area contributed by atoms with Gasteiger partial charge in [0.15, 0.2) is 0 Å². The van der Waals surface area contributed by atoms with Gasteiger partial charge in [0.2, 0.25) is 0 Å². The van der Waals surface area contributed by atoms with Gasteiger partial charge in [0.1, 0.15) is 0 Å². The summed E-state index contributed by atoms with van der Waals surface area (Å²) in [6.07, 6.45) is 6.94. The van der Waals surface area contributed by atoms with Crippen LogP contribution in [-0.2, 0) is 0 Å². The third-order valence-electron chi connectivity index (χ3n) is 4.92. The molecule has 0 aliphatic heterocycles.